The van der Waals surface area contributed by atoms with E-state index in [9.17, 15) is 14.3 Å². The maximum atomic E-state index is 14.0. The molecule has 104 valence electrons. The van der Waals surface area contributed by atoms with Gasteiger partial charge in [-0.15, -0.1) is 0 Å². The molecule has 3 nitrogen and oxygen atoms in total. The number of halogens is 2. The molecule has 1 saturated carbocycles. The fourth-order valence-corrected chi connectivity index (χ4v) is 3.24. The quantitative estimate of drug-likeness (QED) is 0.869. The molecule has 0 atom stereocenters. The molecule has 19 heavy (non-hydrogen) atoms. The lowest BCUT2D eigenvalue weighted by Gasteiger charge is -2.51. The number of hydrogen-bond acceptors (Lipinski definition) is 3. The number of aliphatic hydroxyl groups is 1. The van der Waals surface area contributed by atoms with Crippen LogP contribution in [0.15, 0.2) is 18.2 Å². The van der Waals surface area contributed by atoms with Crippen molar-refractivity contribution in [3.05, 3.63) is 34.6 Å². The van der Waals surface area contributed by atoms with E-state index >= 15 is 0 Å². The van der Waals surface area contributed by atoms with E-state index in [0.29, 0.717) is 6.42 Å². The molecule has 1 aliphatic rings. The molecule has 0 amide bonds. The van der Waals surface area contributed by atoms with Gasteiger partial charge in [-0.2, -0.15) is 0 Å². The highest BCUT2D eigenvalue weighted by molar-refractivity contribution is 6.31. The minimum Gasteiger partial charge on any atom is -0.468 e. The Bertz CT molecular complexity index is 489. The van der Waals surface area contributed by atoms with E-state index < -0.39 is 22.8 Å². The summed E-state index contributed by atoms with van der Waals surface area (Å²) in [6.45, 7) is 1.82. The smallest absolute Gasteiger partial charge is 0.316 e. The molecular weight excluding hydrogens is 271 g/mol. The summed E-state index contributed by atoms with van der Waals surface area (Å²) in [6, 6.07) is 4.28. The molecule has 1 aromatic rings. The SMILES string of the molecule is CCC1(O)CC(C(=O)OC)(c2c(F)cccc2Cl)C1. The number of esters is 1. The van der Waals surface area contributed by atoms with Crippen molar-refractivity contribution in [2.24, 2.45) is 0 Å². The second-order valence-electron chi connectivity index (χ2n) is 5.10. The average Bonchev–Trinajstić information content (AvgIpc) is 2.34. The van der Waals surface area contributed by atoms with Crippen molar-refractivity contribution in [3.63, 3.8) is 0 Å². The Morgan fingerprint density at radius 2 is 2.16 bits per heavy atom. The molecule has 0 radical (unpaired) electrons. The Kier molecular flexibility index (Phi) is 3.58. The maximum absolute atomic E-state index is 14.0. The van der Waals surface area contributed by atoms with E-state index in [2.05, 4.69) is 0 Å². The molecule has 1 fully saturated rings. The molecular formula is C14H16ClFO3. The monoisotopic (exact) mass is 286 g/mol. The Labute approximate surface area is 116 Å². The van der Waals surface area contributed by atoms with Crippen LogP contribution in [0.4, 0.5) is 4.39 Å². The molecule has 0 bridgehead atoms. The van der Waals surface area contributed by atoms with Crippen LogP contribution in [0.5, 0.6) is 0 Å². The summed E-state index contributed by atoms with van der Waals surface area (Å²) in [6.07, 6.45) is 0.755. The number of benzene rings is 1. The molecule has 0 aliphatic heterocycles. The summed E-state index contributed by atoms with van der Waals surface area (Å²) >= 11 is 6.03. The third kappa shape index (κ3) is 2.13. The summed E-state index contributed by atoms with van der Waals surface area (Å²) in [5.74, 6) is -1.10. The van der Waals surface area contributed by atoms with Gasteiger partial charge in [0.15, 0.2) is 0 Å². The molecule has 0 spiro atoms. The van der Waals surface area contributed by atoms with E-state index in [1.165, 1.54) is 25.3 Å². The lowest BCUT2D eigenvalue weighted by Crippen LogP contribution is -2.59. The Morgan fingerprint density at radius 1 is 1.53 bits per heavy atom. The van der Waals surface area contributed by atoms with Crippen LogP contribution >= 0.6 is 11.6 Å². The lowest BCUT2D eigenvalue weighted by molar-refractivity contribution is -0.169. The summed E-state index contributed by atoms with van der Waals surface area (Å²) in [5, 5.41) is 10.4. The average molecular weight is 287 g/mol. The van der Waals surface area contributed by atoms with E-state index in [4.69, 9.17) is 16.3 Å². The zero-order valence-corrected chi connectivity index (χ0v) is 11.6. The van der Waals surface area contributed by atoms with Gasteiger partial charge in [0.1, 0.15) is 11.2 Å². The summed E-state index contributed by atoms with van der Waals surface area (Å²) in [7, 11) is 1.25. The van der Waals surface area contributed by atoms with Crippen molar-refractivity contribution in [2.45, 2.75) is 37.2 Å². The van der Waals surface area contributed by atoms with Gasteiger partial charge in [-0.05, 0) is 31.4 Å². The second-order valence-corrected chi connectivity index (χ2v) is 5.51. The van der Waals surface area contributed by atoms with E-state index in [0.717, 1.165) is 0 Å². The predicted molar refractivity (Wildman–Crippen MR) is 69.6 cm³/mol. The van der Waals surface area contributed by atoms with Crippen LogP contribution < -0.4 is 0 Å². The Balaban J connectivity index is 2.50. The van der Waals surface area contributed by atoms with Crippen LogP contribution in [0.3, 0.4) is 0 Å². The predicted octanol–water partition coefficient (Wildman–Crippen LogP) is 2.82. The number of hydrogen-bond donors (Lipinski definition) is 1. The van der Waals surface area contributed by atoms with Gasteiger partial charge in [-0.3, -0.25) is 4.79 Å². The Hall–Kier alpha value is -1.13. The highest BCUT2D eigenvalue weighted by Crippen LogP contribution is 2.54. The molecule has 1 aliphatic carbocycles. The normalized spacial score (nSPS) is 29.7. The van der Waals surface area contributed by atoms with Crippen LogP contribution in [0.1, 0.15) is 31.7 Å². The van der Waals surface area contributed by atoms with E-state index in [-0.39, 0.29) is 23.4 Å². The van der Waals surface area contributed by atoms with E-state index in [1.807, 2.05) is 6.92 Å². The van der Waals surface area contributed by atoms with Crippen LogP contribution in [-0.2, 0) is 14.9 Å². The molecule has 1 aromatic carbocycles. The van der Waals surface area contributed by atoms with Crippen molar-refractivity contribution < 1.29 is 19.0 Å². The van der Waals surface area contributed by atoms with Gasteiger partial charge in [-0.25, -0.2) is 4.39 Å². The molecule has 0 aromatic heterocycles. The van der Waals surface area contributed by atoms with Gasteiger partial charge >= 0.3 is 5.97 Å². The number of carbonyl (C=O) groups excluding carboxylic acids is 1. The fourth-order valence-electron chi connectivity index (χ4n) is 2.90. The zero-order valence-electron chi connectivity index (χ0n) is 10.9. The van der Waals surface area contributed by atoms with Crippen LogP contribution in [-0.4, -0.2) is 23.8 Å². The minimum atomic E-state index is -1.18. The Morgan fingerprint density at radius 3 is 2.63 bits per heavy atom. The number of rotatable bonds is 3. The van der Waals surface area contributed by atoms with Crippen molar-refractivity contribution in [2.75, 3.05) is 7.11 Å². The van der Waals surface area contributed by atoms with E-state index in [1.54, 1.807) is 0 Å². The first-order valence-electron chi connectivity index (χ1n) is 6.14. The van der Waals surface area contributed by atoms with Crippen molar-refractivity contribution in [1.82, 2.24) is 0 Å². The summed E-state index contributed by atoms with van der Waals surface area (Å²) < 4.78 is 18.8. The summed E-state index contributed by atoms with van der Waals surface area (Å²) in [5.41, 5.74) is -2.01. The first-order valence-corrected chi connectivity index (χ1v) is 6.51. The maximum Gasteiger partial charge on any atom is 0.316 e. The zero-order chi connectivity index (χ0) is 14.3. The fraction of sp³-hybridized carbons (Fsp3) is 0.500. The van der Waals surface area contributed by atoms with Gasteiger partial charge in [-0.1, -0.05) is 24.6 Å². The number of ether oxygens (including phenoxy) is 1. The lowest BCUT2D eigenvalue weighted by atomic mass is 9.55. The molecule has 1 N–H and O–H groups in total. The molecule has 2 rings (SSSR count). The van der Waals surface area contributed by atoms with Crippen LogP contribution in [0.25, 0.3) is 0 Å². The van der Waals surface area contributed by atoms with Gasteiger partial charge in [0.05, 0.1) is 12.7 Å². The number of carbonyl (C=O) groups is 1. The topological polar surface area (TPSA) is 46.5 Å². The molecule has 0 saturated heterocycles. The van der Waals surface area contributed by atoms with Gasteiger partial charge in [0, 0.05) is 10.6 Å². The number of methoxy groups -OCH3 is 1. The van der Waals surface area contributed by atoms with Crippen molar-refractivity contribution in [3.8, 4) is 0 Å². The van der Waals surface area contributed by atoms with Crippen molar-refractivity contribution in [1.29, 1.82) is 0 Å². The molecule has 0 heterocycles. The third-order valence-electron chi connectivity index (χ3n) is 3.94. The van der Waals surface area contributed by atoms with Crippen LogP contribution in [0, 0.1) is 5.82 Å². The summed E-state index contributed by atoms with van der Waals surface area (Å²) in [4.78, 5) is 12.1. The van der Waals surface area contributed by atoms with Gasteiger partial charge < -0.3 is 9.84 Å². The molecule has 5 heteroatoms. The minimum absolute atomic E-state index is 0.127. The van der Waals surface area contributed by atoms with Gasteiger partial charge in [0.25, 0.3) is 0 Å². The third-order valence-corrected chi connectivity index (χ3v) is 4.25. The first kappa shape index (κ1) is 14.3. The van der Waals surface area contributed by atoms with Gasteiger partial charge in [0.2, 0.25) is 0 Å². The van der Waals surface area contributed by atoms with Crippen molar-refractivity contribution >= 4 is 17.6 Å². The second kappa shape index (κ2) is 4.76. The van der Waals surface area contributed by atoms with Crippen LogP contribution in [0.2, 0.25) is 5.02 Å². The first-order chi connectivity index (χ1) is 8.88. The largest absolute Gasteiger partial charge is 0.468 e. The highest BCUT2D eigenvalue weighted by atomic mass is 35.5. The standard InChI is InChI=1S/C14H16ClFO3/c1-3-13(18)7-14(8-13,12(17)19-2)11-9(15)5-4-6-10(11)16/h4-6,18H,3,7-8H2,1-2H3. The highest BCUT2D eigenvalue weighted by Gasteiger charge is 2.60. The molecule has 0 unspecified atom stereocenters.